The van der Waals surface area contributed by atoms with Crippen LogP contribution in [-0.2, 0) is 17.6 Å². The van der Waals surface area contributed by atoms with Gasteiger partial charge in [-0.2, -0.15) is 0 Å². The molecule has 0 radical (unpaired) electrons. The maximum absolute atomic E-state index is 5.68. The monoisotopic (exact) mass is 247 g/mol. The maximum atomic E-state index is 5.68. The highest BCUT2D eigenvalue weighted by molar-refractivity contribution is 5.23. The number of benzene rings is 1. The van der Waals surface area contributed by atoms with Gasteiger partial charge >= 0.3 is 0 Å². The minimum Gasteiger partial charge on any atom is -0.380 e. The van der Waals surface area contributed by atoms with Crippen LogP contribution in [0, 0.1) is 5.92 Å². The molecule has 1 aromatic carbocycles. The van der Waals surface area contributed by atoms with E-state index in [1.165, 1.54) is 24.0 Å². The van der Waals surface area contributed by atoms with Gasteiger partial charge in [0.25, 0.3) is 0 Å². The van der Waals surface area contributed by atoms with Crippen molar-refractivity contribution in [2.75, 3.05) is 14.2 Å². The molecule has 18 heavy (non-hydrogen) atoms. The second-order valence-corrected chi connectivity index (χ2v) is 5.31. The Labute approximate surface area is 111 Å². The first kappa shape index (κ1) is 13.6. The van der Waals surface area contributed by atoms with Crippen molar-refractivity contribution in [1.82, 2.24) is 5.32 Å². The molecule has 1 N–H and O–H groups in total. The zero-order valence-electron chi connectivity index (χ0n) is 11.8. The summed E-state index contributed by atoms with van der Waals surface area (Å²) in [6, 6.07) is 9.41. The van der Waals surface area contributed by atoms with Crippen molar-refractivity contribution in [2.45, 2.75) is 44.8 Å². The molecule has 1 aliphatic rings. The molecule has 0 aromatic heterocycles. The van der Waals surface area contributed by atoms with E-state index in [1.807, 2.05) is 14.2 Å². The Hall–Kier alpha value is -0.860. The number of ether oxygens (including phenoxy) is 1. The van der Waals surface area contributed by atoms with Gasteiger partial charge in [0, 0.05) is 13.2 Å². The summed E-state index contributed by atoms with van der Waals surface area (Å²) < 4.78 is 5.68. The summed E-state index contributed by atoms with van der Waals surface area (Å²) in [4.78, 5) is 0. The largest absolute Gasteiger partial charge is 0.380 e. The fourth-order valence-electron chi connectivity index (χ4n) is 2.66. The third-order valence-electron chi connectivity index (χ3n) is 4.01. The van der Waals surface area contributed by atoms with E-state index < -0.39 is 0 Å². The SMILES string of the molecule is CCc1ccc(CC(NC)C(OC)C2CC2)cc1. The highest BCUT2D eigenvalue weighted by atomic mass is 16.5. The van der Waals surface area contributed by atoms with E-state index in [0.29, 0.717) is 12.1 Å². The quantitative estimate of drug-likeness (QED) is 0.800. The van der Waals surface area contributed by atoms with Gasteiger partial charge in [0.1, 0.15) is 0 Å². The molecule has 1 saturated carbocycles. The Morgan fingerprint density at radius 2 is 1.83 bits per heavy atom. The molecule has 2 atom stereocenters. The third-order valence-corrected chi connectivity index (χ3v) is 4.01. The van der Waals surface area contributed by atoms with Crippen molar-refractivity contribution in [3.8, 4) is 0 Å². The standard InChI is InChI=1S/C16H25NO/c1-4-12-5-7-13(8-6-12)11-15(17-2)16(18-3)14-9-10-14/h5-8,14-17H,4,9-11H2,1-3H3. The van der Waals surface area contributed by atoms with Crippen molar-refractivity contribution in [3.05, 3.63) is 35.4 Å². The second-order valence-electron chi connectivity index (χ2n) is 5.31. The van der Waals surface area contributed by atoms with Crippen LogP contribution in [0.5, 0.6) is 0 Å². The summed E-state index contributed by atoms with van der Waals surface area (Å²) in [5.74, 6) is 0.766. The van der Waals surface area contributed by atoms with E-state index >= 15 is 0 Å². The predicted octanol–water partition coefficient (Wildman–Crippen LogP) is 2.80. The van der Waals surface area contributed by atoms with Crippen LogP contribution in [0.15, 0.2) is 24.3 Å². The average molecular weight is 247 g/mol. The number of rotatable bonds is 7. The Morgan fingerprint density at radius 3 is 2.28 bits per heavy atom. The summed E-state index contributed by atoms with van der Waals surface area (Å²) in [6.45, 7) is 2.19. The molecule has 0 amide bonds. The van der Waals surface area contributed by atoms with Gasteiger partial charge in [0.2, 0.25) is 0 Å². The lowest BCUT2D eigenvalue weighted by molar-refractivity contribution is 0.0534. The molecular weight excluding hydrogens is 222 g/mol. The van der Waals surface area contributed by atoms with Crippen molar-refractivity contribution < 1.29 is 4.74 Å². The predicted molar refractivity (Wildman–Crippen MR) is 75.9 cm³/mol. The van der Waals surface area contributed by atoms with Gasteiger partial charge in [-0.05, 0) is 49.8 Å². The van der Waals surface area contributed by atoms with Crippen molar-refractivity contribution >= 4 is 0 Å². The highest BCUT2D eigenvalue weighted by Gasteiger charge is 2.36. The molecular formula is C16H25NO. The molecule has 1 aromatic rings. The molecule has 1 aliphatic carbocycles. The summed E-state index contributed by atoms with van der Waals surface area (Å²) in [7, 11) is 3.88. The van der Waals surface area contributed by atoms with Gasteiger partial charge in [-0.3, -0.25) is 0 Å². The zero-order valence-corrected chi connectivity index (χ0v) is 11.8. The molecule has 0 bridgehead atoms. The molecule has 2 heteroatoms. The van der Waals surface area contributed by atoms with Crippen LogP contribution in [-0.4, -0.2) is 26.3 Å². The number of nitrogens with one attached hydrogen (secondary N) is 1. The smallest absolute Gasteiger partial charge is 0.0755 e. The molecule has 0 saturated heterocycles. The lowest BCUT2D eigenvalue weighted by Gasteiger charge is -2.26. The van der Waals surface area contributed by atoms with Crippen LogP contribution < -0.4 is 5.32 Å². The van der Waals surface area contributed by atoms with Crippen LogP contribution in [0.4, 0.5) is 0 Å². The first-order valence-electron chi connectivity index (χ1n) is 7.06. The van der Waals surface area contributed by atoms with Crippen LogP contribution in [0.2, 0.25) is 0 Å². The molecule has 100 valence electrons. The maximum Gasteiger partial charge on any atom is 0.0755 e. The molecule has 2 unspecified atom stereocenters. The highest BCUT2D eigenvalue weighted by Crippen LogP contribution is 2.36. The fraction of sp³-hybridized carbons (Fsp3) is 0.625. The van der Waals surface area contributed by atoms with E-state index in [1.54, 1.807) is 0 Å². The van der Waals surface area contributed by atoms with E-state index in [9.17, 15) is 0 Å². The molecule has 2 nitrogen and oxygen atoms in total. The number of aryl methyl sites for hydroxylation is 1. The van der Waals surface area contributed by atoms with Crippen molar-refractivity contribution in [1.29, 1.82) is 0 Å². The third kappa shape index (κ3) is 3.33. The number of hydrogen-bond acceptors (Lipinski definition) is 2. The Kier molecular flexibility index (Phi) is 4.79. The summed E-state index contributed by atoms with van der Waals surface area (Å²) in [6.07, 6.45) is 5.17. The average Bonchev–Trinajstić information content (AvgIpc) is 3.24. The minimum atomic E-state index is 0.362. The normalized spacial score (nSPS) is 18.6. The molecule has 1 fully saturated rings. The fourth-order valence-corrected chi connectivity index (χ4v) is 2.66. The lowest BCUT2D eigenvalue weighted by Crippen LogP contribution is -2.41. The van der Waals surface area contributed by atoms with Crippen LogP contribution in [0.25, 0.3) is 0 Å². The number of methoxy groups -OCH3 is 1. The van der Waals surface area contributed by atoms with E-state index in [2.05, 4.69) is 36.5 Å². The molecule has 0 aliphatic heterocycles. The first-order chi connectivity index (χ1) is 8.78. The van der Waals surface area contributed by atoms with Crippen LogP contribution >= 0.6 is 0 Å². The van der Waals surface area contributed by atoms with E-state index in [-0.39, 0.29) is 0 Å². The molecule has 0 heterocycles. The number of likely N-dealkylation sites (N-methyl/N-ethyl adjacent to an activating group) is 1. The first-order valence-corrected chi connectivity index (χ1v) is 7.06. The van der Waals surface area contributed by atoms with Gasteiger partial charge in [-0.1, -0.05) is 31.2 Å². The Balaban J connectivity index is 1.99. The Bertz CT molecular complexity index is 356. The van der Waals surface area contributed by atoms with Crippen LogP contribution in [0.1, 0.15) is 30.9 Å². The van der Waals surface area contributed by atoms with Gasteiger partial charge in [0.05, 0.1) is 6.10 Å². The van der Waals surface area contributed by atoms with Crippen LogP contribution in [0.3, 0.4) is 0 Å². The van der Waals surface area contributed by atoms with Gasteiger partial charge in [0.15, 0.2) is 0 Å². The summed E-state index contributed by atoms with van der Waals surface area (Å²) in [5, 5.41) is 3.43. The Morgan fingerprint density at radius 1 is 1.22 bits per heavy atom. The summed E-state index contributed by atoms with van der Waals surface area (Å²) >= 11 is 0. The second kappa shape index (κ2) is 6.35. The van der Waals surface area contributed by atoms with E-state index in [0.717, 1.165) is 18.8 Å². The van der Waals surface area contributed by atoms with E-state index in [4.69, 9.17) is 4.74 Å². The van der Waals surface area contributed by atoms with Crippen molar-refractivity contribution in [3.63, 3.8) is 0 Å². The summed E-state index contributed by atoms with van der Waals surface area (Å²) in [5.41, 5.74) is 2.81. The van der Waals surface area contributed by atoms with Gasteiger partial charge < -0.3 is 10.1 Å². The minimum absolute atomic E-state index is 0.362. The topological polar surface area (TPSA) is 21.3 Å². The molecule has 0 spiro atoms. The molecule has 2 rings (SSSR count). The van der Waals surface area contributed by atoms with Gasteiger partial charge in [-0.15, -0.1) is 0 Å². The van der Waals surface area contributed by atoms with Crippen molar-refractivity contribution in [2.24, 2.45) is 5.92 Å². The van der Waals surface area contributed by atoms with Gasteiger partial charge in [-0.25, -0.2) is 0 Å². The zero-order chi connectivity index (χ0) is 13.0. The number of hydrogen-bond donors (Lipinski definition) is 1. The lowest BCUT2D eigenvalue weighted by atomic mass is 9.97.